The molecule has 2 aromatic rings. The lowest BCUT2D eigenvalue weighted by Crippen LogP contribution is -2.27. The minimum Gasteiger partial charge on any atom is -0.494 e. The summed E-state index contributed by atoms with van der Waals surface area (Å²) in [6.45, 7) is 0. The molecule has 5 heteroatoms. The molecule has 0 saturated carbocycles. The Labute approximate surface area is 116 Å². The summed E-state index contributed by atoms with van der Waals surface area (Å²) in [4.78, 5) is 12.0. The number of anilines is 1. The average Bonchev–Trinajstić information content (AvgIpc) is 2.49. The zero-order valence-corrected chi connectivity index (χ0v) is 11.0. The van der Waals surface area contributed by atoms with Gasteiger partial charge in [-0.15, -0.1) is 0 Å². The van der Waals surface area contributed by atoms with Gasteiger partial charge in [0, 0.05) is 11.8 Å². The van der Waals surface area contributed by atoms with Crippen molar-refractivity contribution in [3.63, 3.8) is 0 Å². The van der Waals surface area contributed by atoms with Gasteiger partial charge in [0.05, 0.1) is 7.11 Å². The maximum absolute atomic E-state index is 13.3. The van der Waals surface area contributed by atoms with E-state index >= 15 is 0 Å². The van der Waals surface area contributed by atoms with Crippen LogP contribution in [0.5, 0.6) is 5.75 Å². The summed E-state index contributed by atoms with van der Waals surface area (Å²) >= 11 is 0. The van der Waals surface area contributed by atoms with Crippen LogP contribution in [0.3, 0.4) is 0 Å². The van der Waals surface area contributed by atoms with E-state index in [0.717, 1.165) is 0 Å². The fourth-order valence-corrected chi connectivity index (χ4v) is 1.77. The Hall–Kier alpha value is -2.40. The van der Waals surface area contributed by atoms with E-state index in [1.54, 1.807) is 12.1 Å². The summed E-state index contributed by atoms with van der Waals surface area (Å²) in [5.74, 6) is -0.793. The summed E-state index contributed by atoms with van der Waals surface area (Å²) in [5, 5.41) is 2.63. The number of methoxy groups -OCH3 is 1. The van der Waals surface area contributed by atoms with Crippen LogP contribution in [0.2, 0.25) is 0 Å². The van der Waals surface area contributed by atoms with Crippen LogP contribution in [0.25, 0.3) is 0 Å². The number of amides is 1. The van der Waals surface area contributed by atoms with Gasteiger partial charge in [-0.2, -0.15) is 0 Å². The van der Waals surface area contributed by atoms with Crippen molar-refractivity contribution in [2.24, 2.45) is 5.73 Å². The molecule has 3 N–H and O–H groups in total. The molecule has 0 spiro atoms. The van der Waals surface area contributed by atoms with E-state index in [1.807, 2.05) is 18.2 Å². The fourth-order valence-electron chi connectivity index (χ4n) is 1.77. The van der Waals surface area contributed by atoms with Gasteiger partial charge in [0.1, 0.15) is 6.04 Å². The van der Waals surface area contributed by atoms with Crippen LogP contribution in [0.15, 0.2) is 48.5 Å². The topological polar surface area (TPSA) is 64.3 Å². The van der Waals surface area contributed by atoms with Gasteiger partial charge in [-0.3, -0.25) is 4.79 Å². The summed E-state index contributed by atoms with van der Waals surface area (Å²) in [6, 6.07) is 12.3. The lowest BCUT2D eigenvalue weighted by Gasteiger charge is -2.13. The predicted octanol–water partition coefficient (Wildman–Crippen LogP) is 2.47. The highest BCUT2D eigenvalue weighted by atomic mass is 19.1. The van der Waals surface area contributed by atoms with Gasteiger partial charge in [0.15, 0.2) is 11.6 Å². The first-order valence-electron chi connectivity index (χ1n) is 6.06. The second-order valence-electron chi connectivity index (χ2n) is 4.23. The minimum absolute atomic E-state index is 0.0658. The zero-order chi connectivity index (χ0) is 14.5. The Morgan fingerprint density at radius 1 is 1.25 bits per heavy atom. The molecule has 2 rings (SSSR count). The van der Waals surface area contributed by atoms with Gasteiger partial charge in [-0.1, -0.05) is 30.3 Å². The molecule has 1 amide bonds. The van der Waals surface area contributed by atoms with Crippen molar-refractivity contribution in [3.05, 3.63) is 59.9 Å². The standard InChI is InChI=1S/C15H15FN2O2/c1-20-13-9-11(7-8-12(13)16)18-15(19)14(17)10-5-3-2-4-6-10/h2-9,14H,17H2,1H3,(H,18,19). The number of benzene rings is 2. The fraction of sp³-hybridized carbons (Fsp3) is 0.133. The van der Waals surface area contributed by atoms with Crippen LogP contribution in [0, 0.1) is 5.82 Å². The van der Waals surface area contributed by atoms with Gasteiger partial charge in [-0.05, 0) is 17.7 Å². The maximum Gasteiger partial charge on any atom is 0.245 e. The van der Waals surface area contributed by atoms with E-state index in [2.05, 4.69) is 5.32 Å². The van der Waals surface area contributed by atoms with Crippen molar-refractivity contribution in [2.75, 3.05) is 12.4 Å². The van der Waals surface area contributed by atoms with Crippen LogP contribution in [0.4, 0.5) is 10.1 Å². The maximum atomic E-state index is 13.3. The van der Waals surface area contributed by atoms with E-state index in [-0.39, 0.29) is 11.7 Å². The van der Waals surface area contributed by atoms with Crippen LogP contribution in [0.1, 0.15) is 11.6 Å². The summed E-state index contributed by atoms with van der Waals surface area (Å²) in [5.41, 5.74) is 7.01. The third kappa shape index (κ3) is 3.13. The molecular formula is C15H15FN2O2. The van der Waals surface area contributed by atoms with E-state index in [4.69, 9.17) is 10.5 Å². The highest BCUT2D eigenvalue weighted by molar-refractivity contribution is 5.95. The van der Waals surface area contributed by atoms with Gasteiger partial charge in [-0.25, -0.2) is 4.39 Å². The molecule has 4 nitrogen and oxygen atoms in total. The van der Waals surface area contributed by atoms with Crippen LogP contribution in [-0.2, 0) is 4.79 Å². The Morgan fingerprint density at radius 2 is 1.95 bits per heavy atom. The summed E-state index contributed by atoms with van der Waals surface area (Å²) in [7, 11) is 1.36. The molecule has 104 valence electrons. The molecule has 2 aromatic carbocycles. The SMILES string of the molecule is COc1cc(NC(=O)C(N)c2ccccc2)ccc1F. The second kappa shape index (κ2) is 6.16. The van der Waals surface area contributed by atoms with Crippen LogP contribution >= 0.6 is 0 Å². The molecule has 0 aromatic heterocycles. The molecular weight excluding hydrogens is 259 g/mol. The lowest BCUT2D eigenvalue weighted by atomic mass is 10.1. The van der Waals surface area contributed by atoms with Crippen molar-refractivity contribution in [1.82, 2.24) is 0 Å². The van der Waals surface area contributed by atoms with Crippen molar-refractivity contribution < 1.29 is 13.9 Å². The van der Waals surface area contributed by atoms with Crippen molar-refractivity contribution >= 4 is 11.6 Å². The van der Waals surface area contributed by atoms with Crippen LogP contribution < -0.4 is 15.8 Å². The molecule has 20 heavy (non-hydrogen) atoms. The van der Waals surface area contributed by atoms with E-state index < -0.39 is 11.9 Å². The smallest absolute Gasteiger partial charge is 0.245 e. The third-order valence-electron chi connectivity index (χ3n) is 2.86. The largest absolute Gasteiger partial charge is 0.494 e. The number of hydrogen-bond acceptors (Lipinski definition) is 3. The van der Waals surface area contributed by atoms with E-state index in [1.165, 1.54) is 25.3 Å². The molecule has 0 bridgehead atoms. The highest BCUT2D eigenvalue weighted by Crippen LogP contribution is 2.22. The van der Waals surface area contributed by atoms with Crippen molar-refractivity contribution in [1.29, 1.82) is 0 Å². The zero-order valence-electron chi connectivity index (χ0n) is 11.0. The summed E-state index contributed by atoms with van der Waals surface area (Å²) < 4.78 is 18.1. The number of carbonyl (C=O) groups is 1. The monoisotopic (exact) mass is 274 g/mol. The third-order valence-corrected chi connectivity index (χ3v) is 2.86. The van der Waals surface area contributed by atoms with Gasteiger partial charge < -0.3 is 15.8 Å². The lowest BCUT2D eigenvalue weighted by molar-refractivity contribution is -0.117. The van der Waals surface area contributed by atoms with Crippen molar-refractivity contribution in [3.8, 4) is 5.75 Å². The molecule has 0 heterocycles. The van der Waals surface area contributed by atoms with Gasteiger partial charge in [0.2, 0.25) is 5.91 Å². The second-order valence-corrected chi connectivity index (χ2v) is 4.23. The average molecular weight is 274 g/mol. The summed E-state index contributed by atoms with van der Waals surface area (Å²) in [6.07, 6.45) is 0. The minimum atomic E-state index is -0.785. The highest BCUT2D eigenvalue weighted by Gasteiger charge is 2.16. The molecule has 1 atom stereocenters. The predicted molar refractivity (Wildman–Crippen MR) is 75.0 cm³/mol. The molecule has 0 aliphatic rings. The van der Waals surface area contributed by atoms with Gasteiger partial charge in [0.25, 0.3) is 0 Å². The Morgan fingerprint density at radius 3 is 2.60 bits per heavy atom. The molecule has 0 saturated heterocycles. The molecule has 0 aliphatic heterocycles. The Kier molecular flexibility index (Phi) is 4.32. The Balaban J connectivity index is 2.12. The number of hydrogen-bond donors (Lipinski definition) is 2. The number of nitrogens with two attached hydrogens (primary N) is 1. The Bertz CT molecular complexity index is 602. The van der Waals surface area contributed by atoms with Crippen LogP contribution in [-0.4, -0.2) is 13.0 Å². The number of rotatable bonds is 4. The number of ether oxygens (including phenoxy) is 1. The van der Waals surface area contributed by atoms with Gasteiger partial charge >= 0.3 is 0 Å². The number of halogens is 1. The first kappa shape index (κ1) is 14.0. The van der Waals surface area contributed by atoms with Crippen molar-refractivity contribution in [2.45, 2.75) is 6.04 Å². The first-order chi connectivity index (χ1) is 9.61. The quantitative estimate of drug-likeness (QED) is 0.900. The number of nitrogens with one attached hydrogen (secondary N) is 1. The molecule has 0 aliphatic carbocycles. The molecule has 1 unspecified atom stereocenters. The van der Waals surface area contributed by atoms with E-state index in [9.17, 15) is 9.18 Å². The molecule has 0 fully saturated rings. The van der Waals surface area contributed by atoms with E-state index in [0.29, 0.717) is 11.3 Å². The normalized spacial score (nSPS) is 11.8. The first-order valence-corrected chi connectivity index (χ1v) is 6.06. The molecule has 0 radical (unpaired) electrons. The number of carbonyl (C=O) groups excluding carboxylic acids is 1.